The van der Waals surface area contributed by atoms with E-state index in [1.807, 2.05) is 97.1 Å². The van der Waals surface area contributed by atoms with Gasteiger partial charge >= 0.3 is 0 Å². The second-order valence-corrected chi connectivity index (χ2v) is 33.8. The minimum Gasteiger partial charge on any atom is -0.307 e. The summed E-state index contributed by atoms with van der Waals surface area (Å²) in [5, 5.41) is 15.4. The third-order valence-corrected chi connectivity index (χ3v) is 26.2. The third kappa shape index (κ3) is 12.6. The van der Waals surface area contributed by atoms with Gasteiger partial charge in [-0.05, 0) is 102 Å². The molecular formula is C121H77N13. The lowest BCUT2D eigenvalue weighted by Gasteiger charge is -2.18. The minimum atomic E-state index is 0.560. The molecule has 28 aromatic rings. The summed E-state index contributed by atoms with van der Waals surface area (Å²) in [6.07, 6.45) is 0. The largest absolute Gasteiger partial charge is 0.307 e. The highest BCUT2D eigenvalue weighted by atomic mass is 15.2. The van der Waals surface area contributed by atoms with Crippen LogP contribution in [0.2, 0.25) is 0 Å². The van der Waals surface area contributed by atoms with Crippen molar-refractivity contribution in [3.63, 3.8) is 0 Å². The van der Waals surface area contributed by atoms with Crippen LogP contribution < -0.4 is 0 Å². The zero-order valence-corrected chi connectivity index (χ0v) is 72.3. The number of benzene rings is 19. The molecule has 9 aromatic heterocycles. The van der Waals surface area contributed by atoms with Gasteiger partial charge in [-0.3, -0.25) is 13.7 Å². The quantitative estimate of drug-likeness (QED) is 0.149. The van der Waals surface area contributed by atoms with Gasteiger partial charge in [0.15, 0.2) is 17.5 Å². The topological polar surface area (TPSA) is 118 Å². The zero-order valence-electron chi connectivity index (χ0n) is 72.3. The Bertz CT molecular complexity index is 9660. The van der Waals surface area contributed by atoms with Gasteiger partial charge in [-0.2, -0.15) is 9.97 Å². The van der Waals surface area contributed by atoms with Gasteiger partial charge in [0.25, 0.3) is 0 Å². The molecule has 0 saturated heterocycles. The molecule has 28 rings (SSSR count). The van der Waals surface area contributed by atoms with Crippen molar-refractivity contribution >= 4 is 169 Å². The third-order valence-electron chi connectivity index (χ3n) is 26.2. The first-order valence-electron chi connectivity index (χ1n) is 45.2. The summed E-state index contributed by atoms with van der Waals surface area (Å²) >= 11 is 0. The first-order chi connectivity index (χ1) is 66.5. The fraction of sp³-hybridized carbons (Fsp3) is 0. The fourth-order valence-corrected chi connectivity index (χ4v) is 20.4. The molecule has 13 heteroatoms. The van der Waals surface area contributed by atoms with E-state index in [1.165, 1.54) is 81.8 Å². The molecule has 9 heterocycles. The Hall–Kier alpha value is -18.3. The van der Waals surface area contributed by atoms with Crippen molar-refractivity contribution in [1.82, 2.24) is 61.8 Å². The highest BCUT2D eigenvalue weighted by molar-refractivity contribution is 6.24. The standard InChI is InChI=1S/C44H28N4.C39H25N5.C38H24N4/c1-2-13-29(14-3-1)30-25-27-31(28-26-30)42-36-17-4-7-20-37(36)45-44(46-42)48-39-22-9-6-16-33(39)35-19-12-18-34-32-15-5-8-21-38(32)47(43(34)35)40-23-10-11-24-41(40)48;1-3-14-26(15-4-1)37-40-38(27-16-5-2-6-17-27)42-39(41-37)44-33-23-10-8-19-29(33)31-21-13-20-30-28-18-7-9-22-32(28)43(36(30)31)34-24-11-12-25-35(34)44;1-2-13-25(14-3-1)36-38(40-31-20-7-6-19-30(31)39-36)42-33-22-9-5-16-27(33)29-18-12-17-28-26-15-4-8-21-32(26)41(37(28)29)34-23-10-11-24-35(34)42/h1-28H;1-25H;1-24H. The van der Waals surface area contributed by atoms with Crippen molar-refractivity contribution in [3.8, 4) is 74.1 Å². The normalized spacial score (nSPS) is 11.7. The molecule has 0 saturated carbocycles. The molecule has 0 fully saturated rings. The number of hydrogen-bond donors (Lipinski definition) is 0. The Kier molecular flexibility index (Phi) is 18.3. The van der Waals surface area contributed by atoms with Gasteiger partial charge in [-0.15, -0.1) is 0 Å². The molecule has 0 atom stereocenters. The molecule has 0 aliphatic rings. The van der Waals surface area contributed by atoms with Crippen LogP contribution in [0.4, 0.5) is 0 Å². The Balaban J connectivity index is 0.000000105. The molecule has 13 nitrogen and oxygen atoms in total. The molecule has 626 valence electrons. The molecule has 19 aromatic carbocycles. The van der Waals surface area contributed by atoms with Crippen LogP contribution in [0, 0.1) is 0 Å². The Morgan fingerprint density at radius 3 is 0.799 bits per heavy atom. The highest BCUT2D eigenvalue weighted by Crippen LogP contribution is 2.44. The van der Waals surface area contributed by atoms with Gasteiger partial charge < -0.3 is 13.2 Å². The van der Waals surface area contributed by atoms with Crippen molar-refractivity contribution in [3.05, 3.63) is 467 Å². The van der Waals surface area contributed by atoms with Gasteiger partial charge in [-0.1, -0.05) is 376 Å². The number of nitrogens with zero attached hydrogens (tertiary/aromatic N) is 13. The van der Waals surface area contributed by atoms with Gasteiger partial charge in [0.1, 0.15) is 5.69 Å². The number of fused-ring (bicyclic) bond motifs is 23. The van der Waals surface area contributed by atoms with E-state index in [0.29, 0.717) is 23.5 Å². The number of aromatic nitrogens is 13. The maximum absolute atomic E-state index is 5.43. The summed E-state index contributed by atoms with van der Waals surface area (Å²) in [5.41, 5.74) is 27.2. The molecule has 0 aliphatic carbocycles. The van der Waals surface area contributed by atoms with Crippen molar-refractivity contribution in [2.24, 2.45) is 0 Å². The zero-order chi connectivity index (χ0) is 88.3. The Labute approximate surface area is 767 Å². The van der Waals surface area contributed by atoms with Crippen LogP contribution >= 0.6 is 0 Å². The lowest BCUT2D eigenvalue weighted by Crippen LogP contribution is -2.09. The van der Waals surface area contributed by atoms with E-state index >= 15 is 0 Å². The van der Waals surface area contributed by atoms with Gasteiger partial charge in [0, 0.05) is 92.3 Å². The molecule has 0 N–H and O–H groups in total. The summed E-state index contributed by atoms with van der Waals surface area (Å²) in [7, 11) is 0. The van der Waals surface area contributed by atoms with Crippen LogP contribution in [0.3, 0.4) is 0 Å². The van der Waals surface area contributed by atoms with Crippen LogP contribution in [0.1, 0.15) is 0 Å². The second-order valence-electron chi connectivity index (χ2n) is 33.8. The smallest absolute Gasteiger partial charge is 0.238 e. The fourth-order valence-electron chi connectivity index (χ4n) is 20.4. The monoisotopic (exact) mass is 1710 g/mol. The average molecular weight is 1710 g/mol. The van der Waals surface area contributed by atoms with Crippen LogP contribution in [-0.2, 0) is 0 Å². The lowest BCUT2D eigenvalue weighted by atomic mass is 10.0. The van der Waals surface area contributed by atoms with Crippen LogP contribution in [0.25, 0.3) is 243 Å². The van der Waals surface area contributed by atoms with Gasteiger partial charge in [-0.25, -0.2) is 24.9 Å². The average Bonchev–Trinajstić information content (AvgIpc) is 1.53. The number of para-hydroxylation sites is 18. The van der Waals surface area contributed by atoms with Crippen LogP contribution in [0.15, 0.2) is 467 Å². The summed E-state index contributed by atoms with van der Waals surface area (Å²) in [6, 6.07) is 164. The Morgan fingerprint density at radius 2 is 0.396 bits per heavy atom. The number of rotatable bonds is 8. The highest BCUT2D eigenvalue weighted by Gasteiger charge is 2.26. The van der Waals surface area contributed by atoms with E-state index in [4.69, 9.17) is 34.9 Å². The van der Waals surface area contributed by atoms with Gasteiger partial charge in [0.05, 0.1) is 105 Å². The van der Waals surface area contributed by atoms with E-state index in [9.17, 15) is 0 Å². The van der Waals surface area contributed by atoms with E-state index < -0.39 is 0 Å². The van der Waals surface area contributed by atoms with Crippen molar-refractivity contribution in [1.29, 1.82) is 0 Å². The van der Waals surface area contributed by atoms with E-state index in [2.05, 4.69) is 397 Å². The molecule has 0 spiro atoms. The maximum Gasteiger partial charge on any atom is 0.238 e. The van der Waals surface area contributed by atoms with Crippen molar-refractivity contribution in [2.45, 2.75) is 0 Å². The predicted octanol–water partition coefficient (Wildman–Crippen LogP) is 30.1. The summed E-state index contributed by atoms with van der Waals surface area (Å²) in [4.78, 5) is 36.6. The van der Waals surface area contributed by atoms with Crippen LogP contribution in [-0.4, -0.2) is 61.8 Å². The number of hydrogen-bond acceptors (Lipinski definition) is 7. The lowest BCUT2D eigenvalue weighted by molar-refractivity contribution is 0.949. The second kappa shape index (κ2) is 31.9. The van der Waals surface area contributed by atoms with Crippen LogP contribution in [0.5, 0.6) is 0 Å². The van der Waals surface area contributed by atoms with Crippen molar-refractivity contribution in [2.75, 3.05) is 0 Å². The molecule has 0 amide bonds. The Morgan fingerprint density at radius 1 is 0.134 bits per heavy atom. The summed E-state index contributed by atoms with van der Waals surface area (Å²) < 4.78 is 14.0. The minimum absolute atomic E-state index is 0.560. The van der Waals surface area contributed by atoms with E-state index in [-0.39, 0.29) is 0 Å². The summed E-state index contributed by atoms with van der Waals surface area (Å²) in [5.74, 6) is 3.24. The predicted molar refractivity (Wildman–Crippen MR) is 553 cm³/mol. The molecule has 0 radical (unpaired) electrons. The van der Waals surface area contributed by atoms with Gasteiger partial charge in [0.2, 0.25) is 11.9 Å². The molecule has 0 aliphatic heterocycles. The first kappa shape index (κ1) is 76.9. The van der Waals surface area contributed by atoms with E-state index in [0.717, 1.165) is 138 Å². The molecular weight excluding hydrogens is 1640 g/mol. The van der Waals surface area contributed by atoms with E-state index in [1.54, 1.807) is 0 Å². The maximum atomic E-state index is 5.43. The molecule has 0 unspecified atom stereocenters. The summed E-state index contributed by atoms with van der Waals surface area (Å²) in [6.45, 7) is 0. The molecule has 0 bridgehead atoms. The molecule has 134 heavy (non-hydrogen) atoms. The van der Waals surface area contributed by atoms with Crippen molar-refractivity contribution < 1.29 is 0 Å². The SMILES string of the molecule is c1ccc(-c2ccc(-c3nc(-n4c5ccccc5c5cccc6c7ccccc7n(c7ccccc74)c56)nc4ccccc34)cc2)cc1.c1ccc(-c2nc(-c3ccccc3)nc(-n3c4ccccc4c4cccc5c6ccccc6n(c6ccccc63)c45)n2)cc1.c1ccc(-c2nc3ccccc3nc2-n2c3ccccc3c3cccc4c5ccccc5n(c5ccccc52)c34)cc1. The first-order valence-corrected chi connectivity index (χ1v) is 45.2.